The lowest BCUT2D eigenvalue weighted by molar-refractivity contribution is -0.140. The summed E-state index contributed by atoms with van der Waals surface area (Å²) < 4.78 is 13.9. The van der Waals surface area contributed by atoms with Crippen molar-refractivity contribution in [3.63, 3.8) is 0 Å². The van der Waals surface area contributed by atoms with Gasteiger partial charge in [-0.05, 0) is 30.4 Å². The molecule has 0 bridgehead atoms. The Labute approximate surface area is 132 Å². The van der Waals surface area contributed by atoms with Crippen molar-refractivity contribution >= 4 is 22.6 Å². The molecule has 23 heavy (non-hydrogen) atoms. The maximum atomic E-state index is 13.9. The summed E-state index contributed by atoms with van der Waals surface area (Å²) in [6.45, 7) is 0.271. The molecule has 1 aliphatic heterocycles. The summed E-state index contributed by atoms with van der Waals surface area (Å²) >= 11 is 0. The van der Waals surface area contributed by atoms with E-state index in [9.17, 15) is 19.1 Å². The van der Waals surface area contributed by atoms with Gasteiger partial charge in [-0.3, -0.25) is 9.59 Å². The van der Waals surface area contributed by atoms with Crippen LogP contribution in [0.25, 0.3) is 10.8 Å². The van der Waals surface area contributed by atoms with Crippen molar-refractivity contribution in [3.05, 3.63) is 47.8 Å². The minimum Gasteiger partial charge on any atom is -0.378 e. The van der Waals surface area contributed by atoms with Gasteiger partial charge in [0.2, 0.25) is 0 Å². The molecular weight excluding hydrogens is 299 g/mol. The number of hydrogen-bond acceptors (Lipinski definition) is 3. The third kappa shape index (κ3) is 2.66. The van der Waals surface area contributed by atoms with Crippen molar-refractivity contribution < 1.29 is 19.1 Å². The fourth-order valence-electron chi connectivity index (χ4n) is 3.03. The van der Waals surface area contributed by atoms with Crippen LogP contribution in [0.4, 0.5) is 4.39 Å². The Hall–Kier alpha value is -2.47. The summed E-state index contributed by atoms with van der Waals surface area (Å²) in [4.78, 5) is 25.6. The number of piperidine rings is 1. The molecule has 5 nitrogen and oxygen atoms in total. The van der Waals surface area contributed by atoms with Gasteiger partial charge >= 0.3 is 0 Å². The second-order valence-corrected chi connectivity index (χ2v) is 5.87. The van der Waals surface area contributed by atoms with Crippen molar-refractivity contribution in [2.24, 2.45) is 5.73 Å². The van der Waals surface area contributed by atoms with Gasteiger partial charge in [-0.15, -0.1) is 0 Å². The molecule has 0 saturated carbocycles. The monoisotopic (exact) mass is 316 g/mol. The van der Waals surface area contributed by atoms with Crippen LogP contribution in [0.5, 0.6) is 0 Å². The van der Waals surface area contributed by atoms with Gasteiger partial charge in [0.15, 0.2) is 5.60 Å². The van der Waals surface area contributed by atoms with Crippen LogP contribution >= 0.6 is 0 Å². The zero-order chi connectivity index (χ0) is 16.6. The molecule has 1 fully saturated rings. The highest BCUT2D eigenvalue weighted by atomic mass is 19.1. The first kappa shape index (κ1) is 15.4. The summed E-state index contributed by atoms with van der Waals surface area (Å²) in [6, 6.07) is 9.39. The van der Waals surface area contributed by atoms with Gasteiger partial charge in [-0.2, -0.15) is 0 Å². The highest BCUT2D eigenvalue weighted by Gasteiger charge is 2.40. The summed E-state index contributed by atoms with van der Waals surface area (Å²) in [7, 11) is 0. The average Bonchev–Trinajstić information content (AvgIpc) is 2.55. The van der Waals surface area contributed by atoms with Gasteiger partial charge < -0.3 is 15.7 Å². The van der Waals surface area contributed by atoms with Crippen LogP contribution in [-0.4, -0.2) is 40.5 Å². The number of nitrogens with two attached hydrogens (primary N) is 1. The number of carbonyl (C=O) groups is 2. The third-order valence-corrected chi connectivity index (χ3v) is 4.32. The van der Waals surface area contributed by atoms with Gasteiger partial charge in [-0.25, -0.2) is 4.39 Å². The first-order chi connectivity index (χ1) is 10.9. The molecular formula is C17H17FN2O3. The fourth-order valence-corrected chi connectivity index (χ4v) is 3.03. The normalized spacial score (nSPS) is 21.4. The first-order valence-corrected chi connectivity index (χ1v) is 7.41. The second-order valence-electron chi connectivity index (χ2n) is 5.87. The van der Waals surface area contributed by atoms with E-state index in [1.54, 1.807) is 24.3 Å². The van der Waals surface area contributed by atoms with E-state index in [-0.39, 0.29) is 18.9 Å². The number of hydrogen-bond donors (Lipinski definition) is 2. The van der Waals surface area contributed by atoms with E-state index in [2.05, 4.69) is 0 Å². The number of benzene rings is 2. The molecule has 2 aromatic carbocycles. The van der Waals surface area contributed by atoms with Crippen LogP contribution in [0.1, 0.15) is 23.2 Å². The van der Waals surface area contributed by atoms with Crippen LogP contribution in [0, 0.1) is 5.82 Å². The summed E-state index contributed by atoms with van der Waals surface area (Å²) in [5, 5.41) is 11.1. The lowest BCUT2D eigenvalue weighted by Crippen LogP contribution is -2.57. The van der Waals surface area contributed by atoms with Crippen molar-refractivity contribution in [1.29, 1.82) is 0 Å². The molecule has 1 saturated heterocycles. The molecule has 1 atom stereocenters. The number of primary amides is 1. The maximum absolute atomic E-state index is 13.9. The maximum Gasteiger partial charge on any atom is 0.254 e. The van der Waals surface area contributed by atoms with Crippen LogP contribution in [-0.2, 0) is 4.79 Å². The Morgan fingerprint density at radius 3 is 2.57 bits per heavy atom. The van der Waals surface area contributed by atoms with Crippen molar-refractivity contribution in [2.45, 2.75) is 18.4 Å². The molecule has 0 aliphatic carbocycles. The Balaban J connectivity index is 1.98. The van der Waals surface area contributed by atoms with Crippen LogP contribution < -0.4 is 5.73 Å². The number of aliphatic hydroxyl groups is 1. The largest absolute Gasteiger partial charge is 0.378 e. The molecule has 120 valence electrons. The van der Waals surface area contributed by atoms with E-state index in [1.807, 2.05) is 0 Å². The molecule has 6 heteroatoms. The van der Waals surface area contributed by atoms with Crippen molar-refractivity contribution in [1.82, 2.24) is 4.90 Å². The molecule has 2 amide bonds. The van der Waals surface area contributed by atoms with Gasteiger partial charge in [0.1, 0.15) is 5.82 Å². The zero-order valence-electron chi connectivity index (χ0n) is 12.5. The van der Waals surface area contributed by atoms with E-state index >= 15 is 0 Å². The number of halogens is 1. The molecule has 0 spiro atoms. The Morgan fingerprint density at radius 2 is 1.87 bits per heavy atom. The van der Waals surface area contributed by atoms with E-state index in [1.165, 1.54) is 17.0 Å². The zero-order valence-corrected chi connectivity index (χ0v) is 12.5. The predicted molar refractivity (Wildman–Crippen MR) is 83.2 cm³/mol. The average molecular weight is 316 g/mol. The van der Waals surface area contributed by atoms with Gasteiger partial charge in [0.05, 0.1) is 6.54 Å². The molecule has 3 N–H and O–H groups in total. The quantitative estimate of drug-likeness (QED) is 0.879. The van der Waals surface area contributed by atoms with Gasteiger partial charge in [0, 0.05) is 17.5 Å². The van der Waals surface area contributed by atoms with E-state index < -0.39 is 17.3 Å². The Kier molecular flexibility index (Phi) is 3.77. The highest BCUT2D eigenvalue weighted by molar-refractivity contribution is 6.07. The lowest BCUT2D eigenvalue weighted by atomic mass is 9.91. The first-order valence-electron chi connectivity index (χ1n) is 7.41. The molecule has 2 aromatic rings. The molecule has 1 aliphatic rings. The smallest absolute Gasteiger partial charge is 0.254 e. The number of rotatable bonds is 2. The van der Waals surface area contributed by atoms with E-state index in [0.717, 1.165) is 0 Å². The summed E-state index contributed by atoms with van der Waals surface area (Å²) in [5.74, 6) is -1.58. The minimum absolute atomic E-state index is 0.146. The minimum atomic E-state index is -1.70. The number of fused-ring (bicyclic) bond motifs is 1. The predicted octanol–water partition coefficient (Wildman–Crippen LogP) is 1.43. The SMILES string of the molecule is NC(=O)[C@]1(O)CCCN(C(=O)c2ccc(F)c3ccccc23)C1. The number of likely N-dealkylation sites (tertiary alicyclic amines) is 1. The molecule has 0 radical (unpaired) electrons. The van der Waals surface area contributed by atoms with Crippen molar-refractivity contribution in [3.8, 4) is 0 Å². The third-order valence-electron chi connectivity index (χ3n) is 4.32. The number of carbonyl (C=O) groups excluding carboxylic acids is 2. The lowest BCUT2D eigenvalue weighted by Gasteiger charge is -2.37. The highest BCUT2D eigenvalue weighted by Crippen LogP contribution is 2.26. The van der Waals surface area contributed by atoms with Crippen molar-refractivity contribution in [2.75, 3.05) is 13.1 Å². The molecule has 3 rings (SSSR count). The van der Waals surface area contributed by atoms with E-state index in [0.29, 0.717) is 29.3 Å². The second kappa shape index (κ2) is 5.62. The molecule has 1 heterocycles. The number of nitrogens with zero attached hydrogens (tertiary/aromatic N) is 1. The summed E-state index contributed by atoms with van der Waals surface area (Å²) in [6.07, 6.45) is 0.709. The topological polar surface area (TPSA) is 83.6 Å². The standard InChI is InChI=1S/C17H17FN2O3/c18-14-7-6-13(11-4-1-2-5-12(11)14)15(21)20-9-3-8-17(23,10-20)16(19)22/h1-2,4-7,23H,3,8-10H2,(H2,19,22)/t17-/m0/s1. The Morgan fingerprint density at radius 1 is 1.17 bits per heavy atom. The van der Waals surface area contributed by atoms with E-state index in [4.69, 9.17) is 5.73 Å². The summed E-state index contributed by atoms with van der Waals surface area (Å²) in [5.41, 5.74) is 3.88. The van der Waals surface area contributed by atoms with Gasteiger partial charge in [-0.1, -0.05) is 24.3 Å². The number of amides is 2. The van der Waals surface area contributed by atoms with Crippen LogP contribution in [0.2, 0.25) is 0 Å². The Bertz CT molecular complexity index is 793. The molecule has 0 aromatic heterocycles. The van der Waals surface area contributed by atoms with Crippen LogP contribution in [0.3, 0.4) is 0 Å². The number of β-amino-alcohol motifs (C(OH)–C–C–N with tert-alkyl or cyclic N) is 1. The van der Waals surface area contributed by atoms with Crippen LogP contribution in [0.15, 0.2) is 36.4 Å². The van der Waals surface area contributed by atoms with Gasteiger partial charge in [0.25, 0.3) is 11.8 Å². The fraction of sp³-hybridized carbons (Fsp3) is 0.294. The molecule has 0 unspecified atom stereocenters.